The highest BCUT2D eigenvalue weighted by Gasteiger charge is 2.20. The highest BCUT2D eigenvalue weighted by molar-refractivity contribution is 6.04. The molecule has 0 saturated heterocycles. The van der Waals surface area contributed by atoms with Crippen molar-refractivity contribution >= 4 is 29.2 Å². The van der Waals surface area contributed by atoms with E-state index in [2.05, 4.69) is 10.6 Å². The van der Waals surface area contributed by atoms with Gasteiger partial charge in [0, 0.05) is 25.8 Å². The van der Waals surface area contributed by atoms with Crippen molar-refractivity contribution < 1.29 is 19.1 Å². The van der Waals surface area contributed by atoms with Crippen LogP contribution in [0.1, 0.15) is 46.4 Å². The molecule has 7 heteroatoms. The summed E-state index contributed by atoms with van der Waals surface area (Å²) in [7, 11) is 3.81. The lowest BCUT2D eigenvalue weighted by molar-refractivity contribution is -0.119. The van der Waals surface area contributed by atoms with Crippen LogP contribution in [0.5, 0.6) is 0 Å². The highest BCUT2D eigenvalue weighted by atomic mass is 16.5. The molecule has 7 nitrogen and oxygen atoms in total. The molecule has 2 amide bonds. The molecule has 30 heavy (non-hydrogen) atoms. The minimum Gasteiger partial charge on any atom is -0.452 e. The first-order valence-corrected chi connectivity index (χ1v) is 10.1. The Balaban J connectivity index is 1.55. The number of esters is 1. The number of carbonyl (C=O) groups excluding carboxylic acids is 3. The zero-order chi connectivity index (χ0) is 21.5. The zero-order valence-electron chi connectivity index (χ0n) is 17.3. The third-order valence-electron chi connectivity index (χ3n) is 5.09. The number of hydrogen-bond acceptors (Lipinski definition) is 5. The summed E-state index contributed by atoms with van der Waals surface area (Å²) in [5.41, 5.74) is 2.11. The van der Waals surface area contributed by atoms with E-state index in [1.165, 1.54) is 0 Å². The largest absolute Gasteiger partial charge is 0.452 e. The standard InChI is InChI=1S/C23H27N3O4/c1-26(2)18-13-11-16(12-14-18)23(29)30-15-21(27)25-20-10-6-5-9-19(20)22(28)24-17-7-3-4-8-17/h5-6,9-14,17H,3-4,7-8,15H2,1-2H3,(H,24,28)(H,25,27). The Labute approximate surface area is 176 Å². The van der Waals surface area contributed by atoms with Crippen LogP contribution in [0.25, 0.3) is 0 Å². The Morgan fingerprint density at radius 2 is 1.67 bits per heavy atom. The summed E-state index contributed by atoms with van der Waals surface area (Å²) >= 11 is 0. The number of ether oxygens (including phenoxy) is 1. The van der Waals surface area contributed by atoms with E-state index in [1.54, 1.807) is 48.5 Å². The molecule has 2 aromatic rings. The molecule has 0 aromatic heterocycles. The number of nitrogens with zero attached hydrogens (tertiary/aromatic N) is 1. The molecular formula is C23H27N3O4. The summed E-state index contributed by atoms with van der Waals surface area (Å²) in [6, 6.07) is 13.9. The van der Waals surface area contributed by atoms with Crippen LogP contribution in [0.3, 0.4) is 0 Å². The van der Waals surface area contributed by atoms with Crippen LogP contribution < -0.4 is 15.5 Å². The molecule has 0 aliphatic heterocycles. The second-order valence-electron chi connectivity index (χ2n) is 7.57. The second-order valence-corrected chi connectivity index (χ2v) is 7.57. The Hall–Kier alpha value is -3.35. The summed E-state index contributed by atoms with van der Waals surface area (Å²) < 4.78 is 5.11. The number of carbonyl (C=O) groups is 3. The average molecular weight is 409 g/mol. The molecule has 0 unspecified atom stereocenters. The molecule has 3 rings (SSSR count). The zero-order valence-corrected chi connectivity index (χ0v) is 17.3. The van der Waals surface area contributed by atoms with Gasteiger partial charge in [0.05, 0.1) is 16.8 Å². The van der Waals surface area contributed by atoms with E-state index in [0.29, 0.717) is 16.8 Å². The van der Waals surface area contributed by atoms with Gasteiger partial charge in [-0.15, -0.1) is 0 Å². The number of nitrogens with one attached hydrogen (secondary N) is 2. The number of anilines is 2. The van der Waals surface area contributed by atoms with Gasteiger partial charge in [0.15, 0.2) is 6.61 Å². The lowest BCUT2D eigenvalue weighted by Gasteiger charge is -2.15. The van der Waals surface area contributed by atoms with Crippen molar-refractivity contribution in [2.75, 3.05) is 30.9 Å². The van der Waals surface area contributed by atoms with Gasteiger partial charge < -0.3 is 20.3 Å². The van der Waals surface area contributed by atoms with E-state index in [0.717, 1.165) is 31.4 Å². The third kappa shape index (κ3) is 5.59. The highest BCUT2D eigenvalue weighted by Crippen LogP contribution is 2.20. The Morgan fingerprint density at radius 3 is 2.33 bits per heavy atom. The van der Waals surface area contributed by atoms with Crippen LogP contribution in [-0.4, -0.2) is 44.5 Å². The van der Waals surface area contributed by atoms with Crippen LogP contribution >= 0.6 is 0 Å². The molecule has 158 valence electrons. The lowest BCUT2D eigenvalue weighted by Crippen LogP contribution is -2.33. The van der Waals surface area contributed by atoms with E-state index >= 15 is 0 Å². The van der Waals surface area contributed by atoms with Crippen LogP contribution in [0.2, 0.25) is 0 Å². The van der Waals surface area contributed by atoms with E-state index in [-0.39, 0.29) is 11.9 Å². The van der Waals surface area contributed by atoms with Crippen LogP contribution in [-0.2, 0) is 9.53 Å². The van der Waals surface area contributed by atoms with Gasteiger partial charge in [-0.2, -0.15) is 0 Å². The molecule has 0 spiro atoms. The van der Waals surface area contributed by atoms with Crippen molar-refractivity contribution in [3.8, 4) is 0 Å². The van der Waals surface area contributed by atoms with Gasteiger partial charge in [0.25, 0.3) is 11.8 Å². The van der Waals surface area contributed by atoms with Gasteiger partial charge in [-0.1, -0.05) is 25.0 Å². The monoisotopic (exact) mass is 409 g/mol. The smallest absolute Gasteiger partial charge is 0.338 e. The van der Waals surface area contributed by atoms with Crippen LogP contribution in [0.15, 0.2) is 48.5 Å². The van der Waals surface area contributed by atoms with E-state index in [9.17, 15) is 14.4 Å². The predicted molar refractivity (Wildman–Crippen MR) is 116 cm³/mol. The quantitative estimate of drug-likeness (QED) is 0.686. The summed E-state index contributed by atoms with van der Waals surface area (Å²) in [4.78, 5) is 39.0. The first kappa shape index (κ1) is 21.4. The fraction of sp³-hybridized carbons (Fsp3) is 0.348. The maximum Gasteiger partial charge on any atom is 0.338 e. The number of rotatable bonds is 7. The SMILES string of the molecule is CN(C)c1ccc(C(=O)OCC(=O)Nc2ccccc2C(=O)NC2CCCC2)cc1. The normalized spacial score (nSPS) is 13.5. The topological polar surface area (TPSA) is 87.7 Å². The molecule has 1 fully saturated rings. The van der Waals surface area contributed by atoms with Crippen molar-refractivity contribution in [2.24, 2.45) is 0 Å². The Morgan fingerprint density at radius 1 is 1.00 bits per heavy atom. The molecule has 1 aliphatic carbocycles. The van der Waals surface area contributed by atoms with Gasteiger partial charge in [0.1, 0.15) is 0 Å². The first-order valence-electron chi connectivity index (χ1n) is 10.1. The van der Waals surface area contributed by atoms with Crippen molar-refractivity contribution in [3.63, 3.8) is 0 Å². The molecule has 0 atom stereocenters. The molecular weight excluding hydrogens is 382 g/mol. The molecule has 0 radical (unpaired) electrons. The second kappa shape index (κ2) is 9.91. The number of para-hydroxylation sites is 1. The summed E-state index contributed by atoms with van der Waals surface area (Å²) in [6.07, 6.45) is 4.19. The molecule has 2 aromatic carbocycles. The Bertz CT molecular complexity index is 903. The van der Waals surface area contributed by atoms with Crippen molar-refractivity contribution in [2.45, 2.75) is 31.7 Å². The van der Waals surface area contributed by atoms with Crippen molar-refractivity contribution in [1.29, 1.82) is 0 Å². The van der Waals surface area contributed by atoms with Gasteiger partial charge in [-0.3, -0.25) is 9.59 Å². The predicted octanol–water partition coefficient (Wildman–Crippen LogP) is 3.22. The maximum atomic E-state index is 12.6. The van der Waals surface area contributed by atoms with E-state index in [1.807, 2.05) is 19.0 Å². The minimum atomic E-state index is -0.581. The summed E-state index contributed by atoms with van der Waals surface area (Å²) in [5, 5.41) is 5.68. The van der Waals surface area contributed by atoms with Gasteiger partial charge in [-0.05, 0) is 49.2 Å². The van der Waals surface area contributed by atoms with Crippen molar-refractivity contribution in [1.82, 2.24) is 5.32 Å². The molecule has 2 N–H and O–H groups in total. The molecule has 1 saturated carbocycles. The third-order valence-corrected chi connectivity index (χ3v) is 5.09. The number of benzene rings is 2. The minimum absolute atomic E-state index is 0.182. The number of amides is 2. The Kier molecular flexibility index (Phi) is 7.06. The first-order chi connectivity index (χ1) is 14.4. The number of hydrogen-bond donors (Lipinski definition) is 2. The fourth-order valence-corrected chi connectivity index (χ4v) is 3.42. The fourth-order valence-electron chi connectivity index (χ4n) is 3.42. The maximum absolute atomic E-state index is 12.6. The van der Waals surface area contributed by atoms with Gasteiger partial charge in [0.2, 0.25) is 0 Å². The van der Waals surface area contributed by atoms with E-state index < -0.39 is 18.5 Å². The van der Waals surface area contributed by atoms with Gasteiger partial charge in [-0.25, -0.2) is 4.79 Å². The van der Waals surface area contributed by atoms with E-state index in [4.69, 9.17) is 4.74 Å². The van der Waals surface area contributed by atoms with Crippen molar-refractivity contribution in [3.05, 3.63) is 59.7 Å². The summed E-state index contributed by atoms with van der Waals surface area (Å²) in [6.45, 7) is -0.438. The molecule has 0 bridgehead atoms. The van der Waals surface area contributed by atoms with Gasteiger partial charge >= 0.3 is 5.97 Å². The average Bonchev–Trinajstić information content (AvgIpc) is 3.25. The van der Waals surface area contributed by atoms with Crippen LogP contribution in [0.4, 0.5) is 11.4 Å². The lowest BCUT2D eigenvalue weighted by atomic mass is 10.1. The summed E-state index contributed by atoms with van der Waals surface area (Å²) in [5.74, 6) is -1.30. The molecule has 0 heterocycles. The van der Waals surface area contributed by atoms with Crippen LogP contribution in [0, 0.1) is 0 Å². The molecule has 1 aliphatic rings.